The van der Waals surface area contributed by atoms with E-state index in [9.17, 15) is 17.6 Å². The van der Waals surface area contributed by atoms with Gasteiger partial charge in [-0.2, -0.15) is 0 Å². The number of nitrogens with one attached hydrogen (secondary N) is 1. The summed E-state index contributed by atoms with van der Waals surface area (Å²) in [6, 6.07) is 9.47. The van der Waals surface area contributed by atoms with E-state index in [-0.39, 0.29) is 22.9 Å². The van der Waals surface area contributed by atoms with Gasteiger partial charge in [-0.25, -0.2) is 22.1 Å². The van der Waals surface area contributed by atoms with E-state index in [1.807, 2.05) is 11.5 Å². The summed E-state index contributed by atoms with van der Waals surface area (Å²) in [4.78, 5) is 17.0. The molecule has 0 aliphatic heterocycles. The second kappa shape index (κ2) is 8.53. The average Bonchev–Trinajstić information content (AvgIpc) is 3.05. The van der Waals surface area contributed by atoms with E-state index in [4.69, 9.17) is 0 Å². The van der Waals surface area contributed by atoms with Crippen LogP contribution in [-0.4, -0.2) is 42.3 Å². The molecule has 1 amide bonds. The van der Waals surface area contributed by atoms with E-state index < -0.39 is 15.8 Å². The Hall–Kier alpha value is -2.78. The number of fused-ring (bicyclic) bond motifs is 1. The third-order valence-electron chi connectivity index (χ3n) is 4.87. The topological polar surface area (TPSA) is 84.3 Å². The average molecular weight is 433 g/mol. The largest absolute Gasteiger partial charge is 0.328 e. The first-order valence-corrected chi connectivity index (χ1v) is 11.0. The molecule has 0 saturated carbocycles. The first-order valence-electron chi connectivity index (χ1n) is 9.61. The molecule has 3 aromatic rings. The summed E-state index contributed by atoms with van der Waals surface area (Å²) in [5.41, 5.74) is 2.28. The zero-order valence-corrected chi connectivity index (χ0v) is 18.3. The molecular formula is C21H25FN4O3S. The van der Waals surface area contributed by atoms with Crippen LogP contribution in [0.15, 0.2) is 41.3 Å². The van der Waals surface area contributed by atoms with Crippen LogP contribution in [0.3, 0.4) is 0 Å². The molecule has 0 unspecified atom stereocenters. The summed E-state index contributed by atoms with van der Waals surface area (Å²) < 4.78 is 41.8. The van der Waals surface area contributed by atoms with Crippen LogP contribution in [0.25, 0.3) is 11.0 Å². The minimum absolute atomic E-state index is 0.124. The van der Waals surface area contributed by atoms with Crippen LogP contribution in [-0.2, 0) is 27.8 Å². The van der Waals surface area contributed by atoms with Crippen molar-refractivity contribution in [1.82, 2.24) is 13.9 Å². The minimum atomic E-state index is -3.56. The van der Waals surface area contributed by atoms with Crippen LogP contribution in [0, 0.1) is 12.7 Å². The van der Waals surface area contributed by atoms with Gasteiger partial charge in [0, 0.05) is 33.5 Å². The Bertz CT molecular complexity index is 1200. The fraction of sp³-hybridized carbons (Fsp3) is 0.333. The van der Waals surface area contributed by atoms with Crippen molar-refractivity contribution < 1.29 is 17.6 Å². The maximum atomic E-state index is 13.9. The van der Waals surface area contributed by atoms with Crippen molar-refractivity contribution in [2.75, 3.05) is 19.4 Å². The Kier molecular flexibility index (Phi) is 6.23. The number of hydrogen-bond donors (Lipinski definition) is 1. The second-order valence-electron chi connectivity index (χ2n) is 7.24. The van der Waals surface area contributed by atoms with E-state index in [0.717, 1.165) is 15.4 Å². The van der Waals surface area contributed by atoms with E-state index in [1.54, 1.807) is 31.2 Å². The van der Waals surface area contributed by atoms with Crippen LogP contribution in [0.2, 0.25) is 0 Å². The molecule has 0 bridgehead atoms. The second-order valence-corrected chi connectivity index (χ2v) is 9.39. The number of aromatic nitrogens is 2. The predicted molar refractivity (Wildman–Crippen MR) is 114 cm³/mol. The maximum absolute atomic E-state index is 13.9. The molecule has 0 atom stereocenters. The molecule has 0 spiro atoms. The molecule has 30 heavy (non-hydrogen) atoms. The Morgan fingerprint density at radius 2 is 1.93 bits per heavy atom. The van der Waals surface area contributed by atoms with Crippen molar-refractivity contribution in [3.8, 4) is 0 Å². The fourth-order valence-electron chi connectivity index (χ4n) is 3.23. The highest BCUT2D eigenvalue weighted by molar-refractivity contribution is 7.89. The zero-order valence-electron chi connectivity index (χ0n) is 17.4. The van der Waals surface area contributed by atoms with Crippen molar-refractivity contribution in [2.24, 2.45) is 0 Å². The Labute approximate surface area is 175 Å². The summed E-state index contributed by atoms with van der Waals surface area (Å²) >= 11 is 0. The standard InChI is InChI=1S/C21H25FN4O3S/c1-5-26-19-9-7-15(30(28,29)25(3)4)13-18(19)23-20(26)10-11-21(27)24-17-8-6-14(2)12-16(17)22/h6-9,12-13H,5,10-11H2,1-4H3,(H,24,27). The number of carbonyl (C=O) groups is 1. The van der Waals surface area contributed by atoms with Gasteiger partial charge in [0.1, 0.15) is 11.6 Å². The highest BCUT2D eigenvalue weighted by atomic mass is 32.2. The fourth-order valence-corrected chi connectivity index (χ4v) is 4.16. The van der Waals surface area contributed by atoms with Crippen LogP contribution >= 0.6 is 0 Å². The van der Waals surface area contributed by atoms with Crippen molar-refractivity contribution in [3.05, 3.63) is 53.6 Å². The highest BCUT2D eigenvalue weighted by Crippen LogP contribution is 2.23. The number of sulfonamides is 1. The molecule has 9 heteroatoms. The quantitative estimate of drug-likeness (QED) is 0.621. The number of benzene rings is 2. The predicted octanol–water partition coefficient (Wildman–Crippen LogP) is 3.33. The smallest absolute Gasteiger partial charge is 0.242 e. The lowest BCUT2D eigenvalue weighted by Gasteiger charge is -2.11. The number of nitrogens with zero attached hydrogens (tertiary/aromatic N) is 3. The van der Waals surface area contributed by atoms with Crippen molar-refractivity contribution >= 4 is 32.7 Å². The molecule has 3 rings (SSSR count). The first-order chi connectivity index (χ1) is 14.1. The number of carbonyl (C=O) groups excluding carboxylic acids is 1. The summed E-state index contributed by atoms with van der Waals surface area (Å²) in [7, 11) is -0.607. The molecule has 0 fully saturated rings. The molecule has 1 heterocycles. The number of amides is 1. The molecule has 0 saturated heterocycles. The number of hydrogen-bond acceptors (Lipinski definition) is 4. The Morgan fingerprint density at radius 3 is 2.57 bits per heavy atom. The maximum Gasteiger partial charge on any atom is 0.242 e. The third kappa shape index (κ3) is 4.36. The molecule has 0 radical (unpaired) electrons. The monoisotopic (exact) mass is 432 g/mol. The van der Waals surface area contributed by atoms with Gasteiger partial charge in [-0.05, 0) is 49.7 Å². The van der Waals surface area contributed by atoms with Crippen molar-refractivity contribution in [1.29, 1.82) is 0 Å². The number of halogens is 1. The molecule has 1 aromatic heterocycles. The number of imidazole rings is 1. The molecule has 0 aliphatic carbocycles. The SMILES string of the molecule is CCn1c(CCC(=O)Nc2ccc(C)cc2F)nc2cc(S(=O)(=O)N(C)C)ccc21. The molecule has 1 N–H and O–H groups in total. The number of rotatable bonds is 7. The van der Waals surface area contributed by atoms with Gasteiger partial charge in [0.05, 0.1) is 21.6 Å². The van der Waals surface area contributed by atoms with Gasteiger partial charge in [0.2, 0.25) is 15.9 Å². The van der Waals surface area contributed by atoms with Crippen LogP contribution in [0.4, 0.5) is 10.1 Å². The zero-order chi connectivity index (χ0) is 22.1. The van der Waals surface area contributed by atoms with Gasteiger partial charge in [0.25, 0.3) is 0 Å². The number of anilines is 1. The molecule has 0 aliphatic rings. The normalized spacial score (nSPS) is 11.9. The Balaban J connectivity index is 1.81. The van der Waals surface area contributed by atoms with Gasteiger partial charge in [-0.1, -0.05) is 6.07 Å². The lowest BCUT2D eigenvalue weighted by Crippen LogP contribution is -2.22. The van der Waals surface area contributed by atoms with E-state index in [1.165, 1.54) is 26.2 Å². The van der Waals surface area contributed by atoms with Gasteiger partial charge in [-0.15, -0.1) is 0 Å². The number of aryl methyl sites for hydroxylation is 3. The molecular weight excluding hydrogens is 407 g/mol. The van der Waals surface area contributed by atoms with E-state index in [0.29, 0.717) is 24.3 Å². The third-order valence-corrected chi connectivity index (χ3v) is 6.68. The van der Waals surface area contributed by atoms with Crippen LogP contribution in [0.5, 0.6) is 0 Å². The van der Waals surface area contributed by atoms with Gasteiger partial charge < -0.3 is 9.88 Å². The highest BCUT2D eigenvalue weighted by Gasteiger charge is 2.20. The van der Waals surface area contributed by atoms with E-state index in [2.05, 4.69) is 10.3 Å². The van der Waals surface area contributed by atoms with Gasteiger partial charge >= 0.3 is 0 Å². The van der Waals surface area contributed by atoms with E-state index >= 15 is 0 Å². The van der Waals surface area contributed by atoms with Gasteiger partial charge in [-0.3, -0.25) is 4.79 Å². The minimum Gasteiger partial charge on any atom is -0.328 e. The first kappa shape index (κ1) is 21.9. The van der Waals surface area contributed by atoms with Crippen molar-refractivity contribution in [2.45, 2.75) is 38.1 Å². The summed E-state index contributed by atoms with van der Waals surface area (Å²) in [6.07, 6.45) is 0.469. The Morgan fingerprint density at radius 1 is 1.20 bits per heavy atom. The summed E-state index contributed by atoms with van der Waals surface area (Å²) in [5.74, 6) is -0.117. The lowest BCUT2D eigenvalue weighted by atomic mass is 10.2. The summed E-state index contributed by atoms with van der Waals surface area (Å²) in [6.45, 7) is 4.36. The molecule has 2 aromatic carbocycles. The van der Waals surface area contributed by atoms with Crippen molar-refractivity contribution in [3.63, 3.8) is 0 Å². The summed E-state index contributed by atoms with van der Waals surface area (Å²) in [5, 5.41) is 2.58. The lowest BCUT2D eigenvalue weighted by molar-refractivity contribution is -0.116. The van der Waals surface area contributed by atoms with Crippen LogP contribution < -0.4 is 5.32 Å². The molecule has 7 nitrogen and oxygen atoms in total. The van der Waals surface area contributed by atoms with Gasteiger partial charge in [0.15, 0.2) is 0 Å². The molecule has 160 valence electrons. The van der Waals surface area contributed by atoms with Crippen LogP contribution in [0.1, 0.15) is 24.7 Å².